The van der Waals surface area contributed by atoms with Gasteiger partial charge in [-0.15, -0.1) is 0 Å². The van der Waals surface area contributed by atoms with Crippen molar-refractivity contribution in [2.45, 2.75) is 70.8 Å². The van der Waals surface area contributed by atoms with Crippen LogP contribution in [0, 0.1) is 0 Å². The van der Waals surface area contributed by atoms with E-state index in [0.29, 0.717) is 0 Å². The van der Waals surface area contributed by atoms with E-state index in [4.69, 9.17) is 0 Å². The number of rotatable bonds is 8. The Labute approximate surface area is 128 Å². The van der Waals surface area contributed by atoms with Crippen LogP contribution in [0.4, 0.5) is 0 Å². The number of nitrogens with one attached hydrogen (secondary N) is 2. The molecule has 0 spiro atoms. The molecule has 0 atom stereocenters. The van der Waals surface area contributed by atoms with Crippen LogP contribution < -0.4 is 10.9 Å². The van der Waals surface area contributed by atoms with Crippen molar-refractivity contribution >= 4 is 5.91 Å². The Bertz CT molecular complexity index is 460. The van der Waals surface area contributed by atoms with Crippen LogP contribution in [-0.4, -0.2) is 5.91 Å². The number of hydrogen-bond acceptors (Lipinski definition) is 2. The molecule has 2 rings (SSSR count). The van der Waals surface area contributed by atoms with E-state index in [-0.39, 0.29) is 11.4 Å². The number of hydrazine groups is 1. The zero-order valence-electron chi connectivity index (χ0n) is 13.4. The van der Waals surface area contributed by atoms with Crippen LogP contribution >= 0.6 is 0 Å². The fraction of sp³-hybridized carbons (Fsp3) is 0.611. The molecule has 0 aliphatic carbocycles. The van der Waals surface area contributed by atoms with Crippen molar-refractivity contribution in [2.75, 3.05) is 0 Å². The molecule has 0 unspecified atom stereocenters. The normalized spacial score (nSPS) is 16.4. The topological polar surface area (TPSA) is 41.1 Å². The van der Waals surface area contributed by atoms with Gasteiger partial charge in [0.15, 0.2) is 0 Å². The zero-order chi connectivity index (χ0) is 15.1. The lowest BCUT2D eigenvalue weighted by atomic mass is 9.77. The second-order valence-electron chi connectivity index (χ2n) is 6.12. The third-order valence-electron chi connectivity index (χ3n) is 4.52. The molecular weight excluding hydrogens is 260 g/mol. The zero-order valence-corrected chi connectivity index (χ0v) is 13.4. The van der Waals surface area contributed by atoms with E-state index < -0.39 is 0 Å². The number of carbonyl (C=O) groups is 1. The van der Waals surface area contributed by atoms with E-state index >= 15 is 0 Å². The smallest absolute Gasteiger partial charge is 0.265 e. The standard InChI is InChI=1S/C18H28N2O/c1-3-5-9-13-18(14-10-6-4-2)16-12-8-7-11-15(16)17(21)19-20-18/h7-8,11-12,20H,3-6,9-10,13-14H2,1-2H3,(H,19,21). The third kappa shape index (κ3) is 3.65. The molecular formula is C18H28N2O. The first kappa shape index (κ1) is 16.0. The summed E-state index contributed by atoms with van der Waals surface area (Å²) in [5.74, 6) is -0.00721. The summed E-state index contributed by atoms with van der Waals surface area (Å²) >= 11 is 0. The first-order valence-corrected chi connectivity index (χ1v) is 8.40. The van der Waals surface area contributed by atoms with Gasteiger partial charge < -0.3 is 0 Å². The minimum atomic E-state index is -0.0884. The van der Waals surface area contributed by atoms with Crippen LogP contribution in [0.3, 0.4) is 0 Å². The Morgan fingerprint density at radius 2 is 1.57 bits per heavy atom. The third-order valence-corrected chi connectivity index (χ3v) is 4.52. The molecule has 0 saturated heterocycles. The minimum absolute atomic E-state index is 0.00721. The predicted molar refractivity (Wildman–Crippen MR) is 87.0 cm³/mol. The molecule has 0 saturated carbocycles. The highest BCUT2D eigenvalue weighted by Gasteiger charge is 2.37. The fourth-order valence-corrected chi connectivity index (χ4v) is 3.28. The molecule has 3 heteroatoms. The maximum absolute atomic E-state index is 12.1. The van der Waals surface area contributed by atoms with Crippen LogP contribution in [-0.2, 0) is 5.54 Å². The number of amides is 1. The van der Waals surface area contributed by atoms with Gasteiger partial charge in [-0.25, -0.2) is 5.43 Å². The molecule has 21 heavy (non-hydrogen) atoms. The SMILES string of the molecule is CCCCCC1(CCCCC)NNC(=O)c2ccccc21. The average molecular weight is 288 g/mol. The summed E-state index contributed by atoms with van der Waals surface area (Å²) in [4.78, 5) is 12.1. The quantitative estimate of drug-likeness (QED) is 0.701. The van der Waals surface area contributed by atoms with Crippen LogP contribution in [0.2, 0.25) is 0 Å². The van der Waals surface area contributed by atoms with Crippen molar-refractivity contribution in [3.8, 4) is 0 Å². The second kappa shape index (κ2) is 7.60. The van der Waals surface area contributed by atoms with Gasteiger partial charge in [0.25, 0.3) is 5.91 Å². The summed E-state index contributed by atoms with van der Waals surface area (Å²) in [6.07, 6.45) is 9.49. The Morgan fingerprint density at radius 3 is 2.19 bits per heavy atom. The maximum atomic E-state index is 12.1. The van der Waals surface area contributed by atoms with E-state index in [1.807, 2.05) is 18.2 Å². The van der Waals surface area contributed by atoms with Crippen molar-refractivity contribution in [1.82, 2.24) is 10.9 Å². The van der Waals surface area contributed by atoms with E-state index in [0.717, 1.165) is 18.4 Å². The van der Waals surface area contributed by atoms with Crippen LogP contribution in [0.5, 0.6) is 0 Å². The fourth-order valence-electron chi connectivity index (χ4n) is 3.28. The van der Waals surface area contributed by atoms with Crippen molar-refractivity contribution in [2.24, 2.45) is 0 Å². The molecule has 0 aromatic heterocycles. The molecule has 3 nitrogen and oxygen atoms in total. The number of unbranched alkanes of at least 4 members (excludes halogenated alkanes) is 4. The van der Waals surface area contributed by atoms with E-state index in [1.165, 1.54) is 44.1 Å². The Hall–Kier alpha value is -1.35. The molecule has 1 amide bonds. The average Bonchev–Trinajstić information content (AvgIpc) is 2.52. The van der Waals surface area contributed by atoms with E-state index in [9.17, 15) is 4.79 Å². The summed E-state index contributed by atoms with van der Waals surface area (Å²) in [5, 5.41) is 0. The minimum Gasteiger partial charge on any atom is -0.287 e. The highest BCUT2D eigenvalue weighted by molar-refractivity contribution is 5.96. The van der Waals surface area contributed by atoms with E-state index in [1.54, 1.807) is 0 Å². The summed E-state index contributed by atoms with van der Waals surface area (Å²) in [6, 6.07) is 8.07. The lowest BCUT2D eigenvalue weighted by molar-refractivity contribution is 0.0852. The van der Waals surface area contributed by atoms with Gasteiger partial charge in [-0.2, -0.15) is 0 Å². The monoisotopic (exact) mass is 288 g/mol. The predicted octanol–water partition coefficient (Wildman–Crippen LogP) is 4.29. The van der Waals surface area contributed by atoms with Gasteiger partial charge in [-0.3, -0.25) is 10.2 Å². The lowest BCUT2D eigenvalue weighted by Gasteiger charge is -2.40. The van der Waals surface area contributed by atoms with Crippen molar-refractivity contribution in [3.05, 3.63) is 35.4 Å². The highest BCUT2D eigenvalue weighted by Crippen LogP contribution is 2.36. The molecule has 1 aliphatic rings. The Balaban J connectivity index is 2.26. The van der Waals surface area contributed by atoms with Crippen molar-refractivity contribution in [3.63, 3.8) is 0 Å². The van der Waals surface area contributed by atoms with Crippen molar-refractivity contribution < 1.29 is 4.79 Å². The maximum Gasteiger partial charge on any atom is 0.265 e. The van der Waals surface area contributed by atoms with Crippen molar-refractivity contribution in [1.29, 1.82) is 0 Å². The van der Waals surface area contributed by atoms with Gasteiger partial charge in [-0.1, -0.05) is 70.6 Å². The Morgan fingerprint density at radius 1 is 0.952 bits per heavy atom. The number of fused-ring (bicyclic) bond motifs is 1. The second-order valence-corrected chi connectivity index (χ2v) is 6.12. The van der Waals surface area contributed by atoms with Gasteiger partial charge in [0, 0.05) is 5.56 Å². The summed E-state index contributed by atoms with van der Waals surface area (Å²) < 4.78 is 0. The van der Waals surface area contributed by atoms with Gasteiger partial charge >= 0.3 is 0 Å². The lowest BCUT2D eigenvalue weighted by Crippen LogP contribution is -2.57. The molecule has 0 fully saturated rings. The largest absolute Gasteiger partial charge is 0.287 e. The first-order chi connectivity index (χ1) is 10.2. The summed E-state index contributed by atoms with van der Waals surface area (Å²) in [7, 11) is 0. The van der Waals surface area contributed by atoms with Crippen LogP contribution in [0.1, 0.15) is 81.1 Å². The molecule has 2 N–H and O–H groups in total. The molecule has 0 radical (unpaired) electrons. The molecule has 0 bridgehead atoms. The summed E-state index contributed by atoms with van der Waals surface area (Å²) in [5.41, 5.74) is 8.18. The van der Waals surface area contributed by atoms with E-state index in [2.05, 4.69) is 30.8 Å². The van der Waals surface area contributed by atoms with Crippen LogP contribution in [0.15, 0.2) is 24.3 Å². The number of benzene rings is 1. The highest BCUT2D eigenvalue weighted by atomic mass is 16.2. The molecule has 1 aromatic carbocycles. The van der Waals surface area contributed by atoms with Crippen LogP contribution in [0.25, 0.3) is 0 Å². The summed E-state index contributed by atoms with van der Waals surface area (Å²) in [6.45, 7) is 4.46. The van der Waals surface area contributed by atoms with Gasteiger partial charge in [-0.05, 0) is 24.5 Å². The van der Waals surface area contributed by atoms with Gasteiger partial charge in [0.2, 0.25) is 0 Å². The number of carbonyl (C=O) groups excluding carboxylic acids is 1. The molecule has 116 valence electrons. The molecule has 1 heterocycles. The molecule has 1 aliphatic heterocycles. The van der Waals surface area contributed by atoms with Gasteiger partial charge in [0.05, 0.1) is 5.54 Å². The van der Waals surface area contributed by atoms with Gasteiger partial charge in [0.1, 0.15) is 0 Å². The molecule has 1 aromatic rings. The number of hydrogen-bond donors (Lipinski definition) is 2. The first-order valence-electron chi connectivity index (χ1n) is 8.40. The Kier molecular flexibility index (Phi) is 5.80.